The van der Waals surface area contributed by atoms with Gasteiger partial charge in [-0.2, -0.15) is 0 Å². The topological polar surface area (TPSA) is 91.9 Å². The fraction of sp³-hybridized carbons (Fsp3) is 0.727. The molecule has 0 unspecified atom stereocenters. The summed E-state index contributed by atoms with van der Waals surface area (Å²) < 4.78 is 18.2. The Bertz CT molecular complexity index is 1130. The Hall–Kier alpha value is -2.05. The van der Waals surface area contributed by atoms with E-state index in [1.165, 1.54) is 5.56 Å². The van der Waals surface area contributed by atoms with E-state index in [1.54, 1.807) is 14.7 Å². The van der Waals surface area contributed by atoms with Crippen LogP contribution < -0.4 is 0 Å². The van der Waals surface area contributed by atoms with Gasteiger partial charge in [-0.05, 0) is 98.4 Å². The lowest BCUT2D eigenvalue weighted by atomic mass is 10.1. The molecule has 0 aromatic heterocycles. The molecule has 0 radical (unpaired) electrons. The second-order valence-electron chi connectivity index (χ2n) is 14.5. The molecule has 0 aliphatic carbocycles. The van der Waals surface area contributed by atoms with E-state index in [1.807, 2.05) is 62.3 Å². The van der Waals surface area contributed by atoms with E-state index in [9.17, 15) is 14.4 Å². The summed E-state index contributed by atoms with van der Waals surface area (Å²) in [6, 6.07) is 6.38. The summed E-state index contributed by atoms with van der Waals surface area (Å²) >= 11 is 7.20. The first-order valence-electron chi connectivity index (χ1n) is 15.7. The molecule has 12 heteroatoms. The van der Waals surface area contributed by atoms with Crippen LogP contribution in [-0.2, 0) is 26.1 Å². The number of nitrogens with zero attached hydrogens (tertiary/aromatic N) is 4. The number of rotatable bonds is 3. The fourth-order valence-corrected chi connectivity index (χ4v) is 5.63. The first-order chi connectivity index (χ1) is 20.7. The molecular formula is C33H54Br2N4O6. The number of carbonyl (C=O) groups is 3. The summed E-state index contributed by atoms with van der Waals surface area (Å²) in [5, 5.41) is 0.747. The highest BCUT2D eigenvalue weighted by atomic mass is 79.9. The van der Waals surface area contributed by atoms with Gasteiger partial charge >= 0.3 is 18.3 Å². The predicted molar refractivity (Wildman–Crippen MR) is 185 cm³/mol. The standard InChI is InChI=1S/C33H54Br2N4O6/c1-31(2,3)43-28(40)37-14-11-15-39(30(42)45-33(7,8)9)19-18-38(29(41)44-32(4,5)6)13-10-12-36(16-17-37)24-26-20-25(23-34)21-27(35)22-26/h20-22H,10-19,23-24H2,1-9H3. The predicted octanol–water partition coefficient (Wildman–Crippen LogP) is 7.65. The minimum absolute atomic E-state index is 0.275. The molecule has 1 aliphatic heterocycles. The Morgan fingerprint density at radius 1 is 0.600 bits per heavy atom. The molecule has 0 N–H and O–H groups in total. The summed E-state index contributed by atoms with van der Waals surface area (Å²) in [6.07, 6.45) is -0.0396. The lowest BCUT2D eigenvalue weighted by molar-refractivity contribution is 0.0101. The number of benzene rings is 1. The van der Waals surface area contributed by atoms with Crippen molar-refractivity contribution in [3.05, 3.63) is 33.8 Å². The molecule has 3 amide bonds. The summed E-state index contributed by atoms with van der Waals surface area (Å²) in [5.74, 6) is 0. The first kappa shape index (κ1) is 39.1. The third kappa shape index (κ3) is 15.9. The van der Waals surface area contributed by atoms with Crippen LogP contribution >= 0.6 is 31.9 Å². The molecule has 1 aromatic rings. The Morgan fingerprint density at radius 2 is 0.978 bits per heavy atom. The van der Waals surface area contributed by atoms with E-state index in [0.29, 0.717) is 65.2 Å². The van der Waals surface area contributed by atoms with Gasteiger partial charge in [-0.3, -0.25) is 4.90 Å². The zero-order valence-electron chi connectivity index (χ0n) is 28.7. The fourth-order valence-electron chi connectivity index (χ4n) is 4.72. The van der Waals surface area contributed by atoms with E-state index >= 15 is 0 Å². The van der Waals surface area contributed by atoms with Crippen LogP contribution in [0.4, 0.5) is 14.4 Å². The van der Waals surface area contributed by atoms with E-state index in [2.05, 4.69) is 55.0 Å². The average molecular weight is 763 g/mol. The van der Waals surface area contributed by atoms with Crippen LogP contribution in [0, 0.1) is 0 Å². The van der Waals surface area contributed by atoms with Crippen molar-refractivity contribution in [1.82, 2.24) is 19.6 Å². The Balaban J connectivity index is 2.37. The molecule has 0 atom stereocenters. The van der Waals surface area contributed by atoms with Crippen LogP contribution in [0.1, 0.15) is 86.3 Å². The SMILES string of the molecule is CC(C)(C)OC(=O)N1CCCN(C(=O)OC(C)(C)C)CCN(C(=O)OC(C)(C)C)CCCN(Cc2cc(Br)cc(CBr)c2)CC1. The minimum atomic E-state index is -0.670. The van der Waals surface area contributed by atoms with Gasteiger partial charge in [-0.25, -0.2) is 14.4 Å². The lowest BCUT2D eigenvalue weighted by Crippen LogP contribution is -2.47. The molecule has 45 heavy (non-hydrogen) atoms. The maximum Gasteiger partial charge on any atom is 0.410 e. The number of hydrogen-bond donors (Lipinski definition) is 0. The van der Waals surface area contributed by atoms with Gasteiger partial charge in [0.1, 0.15) is 16.8 Å². The normalized spacial score (nSPS) is 17.0. The van der Waals surface area contributed by atoms with Crippen LogP contribution in [0.5, 0.6) is 0 Å². The quantitative estimate of drug-likeness (QED) is 0.231. The number of ether oxygens (including phenoxy) is 3. The van der Waals surface area contributed by atoms with E-state index < -0.39 is 29.0 Å². The van der Waals surface area contributed by atoms with E-state index in [-0.39, 0.29) is 12.6 Å². The molecule has 256 valence electrons. The molecule has 0 spiro atoms. The first-order valence-corrected chi connectivity index (χ1v) is 17.7. The molecule has 2 rings (SSSR count). The van der Waals surface area contributed by atoms with E-state index in [4.69, 9.17) is 14.2 Å². The van der Waals surface area contributed by atoms with Crippen LogP contribution in [0.3, 0.4) is 0 Å². The highest BCUT2D eigenvalue weighted by molar-refractivity contribution is 9.10. The molecule has 0 bridgehead atoms. The van der Waals surface area contributed by atoms with E-state index in [0.717, 1.165) is 15.4 Å². The summed E-state index contributed by atoms with van der Waals surface area (Å²) in [5.41, 5.74) is 0.373. The lowest BCUT2D eigenvalue weighted by Gasteiger charge is -2.34. The maximum absolute atomic E-state index is 13.3. The van der Waals surface area contributed by atoms with Crippen molar-refractivity contribution in [2.24, 2.45) is 0 Å². The van der Waals surface area contributed by atoms with Gasteiger partial charge in [0.05, 0.1) is 0 Å². The van der Waals surface area contributed by atoms with Crippen molar-refractivity contribution >= 4 is 50.1 Å². The van der Waals surface area contributed by atoms with Crippen molar-refractivity contribution in [1.29, 1.82) is 0 Å². The summed E-state index contributed by atoms with van der Waals surface area (Å²) in [7, 11) is 0. The van der Waals surface area contributed by atoms with Crippen LogP contribution in [-0.4, -0.2) is 107 Å². The zero-order valence-corrected chi connectivity index (χ0v) is 31.9. The largest absolute Gasteiger partial charge is 0.444 e. The molecular weight excluding hydrogens is 708 g/mol. The van der Waals surface area contributed by atoms with Gasteiger partial charge in [0.25, 0.3) is 0 Å². The zero-order chi connectivity index (χ0) is 34.0. The molecule has 0 saturated carbocycles. The van der Waals surface area contributed by atoms with Crippen molar-refractivity contribution in [3.63, 3.8) is 0 Å². The van der Waals surface area contributed by atoms with Gasteiger partial charge in [0.2, 0.25) is 0 Å². The third-order valence-electron chi connectivity index (χ3n) is 6.62. The highest BCUT2D eigenvalue weighted by Crippen LogP contribution is 2.20. The van der Waals surface area contributed by atoms with Gasteiger partial charge in [0.15, 0.2) is 0 Å². The van der Waals surface area contributed by atoms with Crippen LogP contribution in [0.15, 0.2) is 22.7 Å². The van der Waals surface area contributed by atoms with Crippen molar-refractivity contribution < 1.29 is 28.6 Å². The monoisotopic (exact) mass is 760 g/mol. The van der Waals surface area contributed by atoms with Gasteiger partial charge in [-0.15, -0.1) is 0 Å². The minimum Gasteiger partial charge on any atom is -0.444 e. The number of amides is 3. The molecule has 1 aromatic carbocycles. The summed E-state index contributed by atoms with van der Waals surface area (Å²) in [4.78, 5) is 47.1. The van der Waals surface area contributed by atoms with Gasteiger partial charge in [0, 0.05) is 68.7 Å². The van der Waals surface area contributed by atoms with Crippen LogP contribution in [0.25, 0.3) is 0 Å². The molecule has 1 aliphatic rings. The van der Waals surface area contributed by atoms with Gasteiger partial charge in [-0.1, -0.05) is 37.9 Å². The Kier molecular flexibility index (Phi) is 15.0. The number of alkyl halides is 1. The molecule has 1 heterocycles. The molecule has 1 fully saturated rings. The number of hydrogen-bond acceptors (Lipinski definition) is 7. The highest BCUT2D eigenvalue weighted by Gasteiger charge is 2.28. The van der Waals surface area contributed by atoms with Crippen molar-refractivity contribution in [2.45, 2.75) is 104 Å². The average Bonchev–Trinajstić information content (AvgIpc) is 2.86. The second kappa shape index (κ2) is 17.2. The Labute approximate surface area is 287 Å². The maximum atomic E-state index is 13.3. The smallest absolute Gasteiger partial charge is 0.410 e. The Morgan fingerprint density at radius 3 is 1.38 bits per heavy atom. The summed E-state index contributed by atoms with van der Waals surface area (Å²) in [6.45, 7) is 20.8. The number of halogens is 2. The third-order valence-corrected chi connectivity index (χ3v) is 7.72. The number of carbonyl (C=O) groups excluding carboxylic acids is 3. The van der Waals surface area contributed by atoms with Gasteiger partial charge < -0.3 is 28.9 Å². The molecule has 1 saturated heterocycles. The van der Waals surface area contributed by atoms with Crippen molar-refractivity contribution in [2.75, 3.05) is 52.4 Å². The molecule has 10 nitrogen and oxygen atoms in total. The van der Waals surface area contributed by atoms with Crippen LogP contribution in [0.2, 0.25) is 0 Å². The van der Waals surface area contributed by atoms with Crippen molar-refractivity contribution in [3.8, 4) is 0 Å². The second-order valence-corrected chi connectivity index (χ2v) is 16.0.